The number of anilines is 2. The second-order valence-electron chi connectivity index (χ2n) is 4.51. The van der Waals surface area contributed by atoms with Crippen LogP contribution in [0.3, 0.4) is 0 Å². The zero-order chi connectivity index (χ0) is 13.7. The zero-order valence-electron chi connectivity index (χ0n) is 11.1. The third-order valence-corrected chi connectivity index (χ3v) is 3.13. The normalized spacial score (nSPS) is 17.1. The number of ether oxygens (including phenoxy) is 1. The second kappa shape index (κ2) is 6.49. The molecule has 3 N–H and O–H groups in total. The summed E-state index contributed by atoms with van der Waals surface area (Å²) in [5.74, 6) is 0.726. The molecule has 104 valence electrons. The van der Waals surface area contributed by atoms with Gasteiger partial charge in [0.15, 0.2) is 0 Å². The summed E-state index contributed by atoms with van der Waals surface area (Å²) in [7, 11) is 0. The van der Waals surface area contributed by atoms with Crippen LogP contribution < -0.4 is 16.0 Å². The molecule has 0 aromatic carbocycles. The van der Waals surface area contributed by atoms with Crippen LogP contribution in [0.2, 0.25) is 0 Å². The largest absolute Gasteiger partial charge is 0.378 e. The maximum Gasteiger partial charge on any atom is 0.241 e. The van der Waals surface area contributed by atoms with Gasteiger partial charge in [-0.2, -0.15) is 0 Å². The molecular weight excluding hydrogens is 244 g/mol. The minimum Gasteiger partial charge on any atom is -0.378 e. The van der Waals surface area contributed by atoms with E-state index in [2.05, 4.69) is 15.2 Å². The third-order valence-electron chi connectivity index (χ3n) is 3.13. The van der Waals surface area contributed by atoms with Crippen molar-refractivity contribution in [3.63, 3.8) is 0 Å². The van der Waals surface area contributed by atoms with Gasteiger partial charge in [-0.05, 0) is 18.6 Å². The Kier molecular flexibility index (Phi) is 4.70. The van der Waals surface area contributed by atoms with E-state index in [1.165, 1.54) is 0 Å². The van der Waals surface area contributed by atoms with E-state index in [1.54, 1.807) is 6.20 Å². The lowest BCUT2D eigenvalue weighted by Gasteiger charge is -2.27. The van der Waals surface area contributed by atoms with Crippen LogP contribution in [0.4, 0.5) is 11.5 Å². The average Bonchev–Trinajstić information content (AvgIpc) is 2.48. The van der Waals surface area contributed by atoms with Crippen LogP contribution in [-0.4, -0.2) is 43.2 Å². The van der Waals surface area contributed by atoms with Gasteiger partial charge in [-0.1, -0.05) is 6.92 Å². The number of nitrogens with one attached hydrogen (secondary N) is 1. The molecule has 2 rings (SSSR count). The van der Waals surface area contributed by atoms with Gasteiger partial charge in [-0.15, -0.1) is 0 Å². The van der Waals surface area contributed by atoms with E-state index in [1.807, 2.05) is 19.1 Å². The Morgan fingerprint density at radius 2 is 2.26 bits per heavy atom. The smallest absolute Gasteiger partial charge is 0.241 e. The summed E-state index contributed by atoms with van der Waals surface area (Å²) in [5, 5.41) is 2.75. The van der Waals surface area contributed by atoms with E-state index >= 15 is 0 Å². The Morgan fingerprint density at radius 1 is 1.53 bits per heavy atom. The van der Waals surface area contributed by atoms with Gasteiger partial charge in [-0.25, -0.2) is 4.98 Å². The highest BCUT2D eigenvalue weighted by molar-refractivity contribution is 5.94. The molecule has 1 aliphatic rings. The van der Waals surface area contributed by atoms with E-state index in [9.17, 15) is 4.79 Å². The molecule has 1 aromatic heterocycles. The lowest BCUT2D eigenvalue weighted by atomic mass is 10.2. The quantitative estimate of drug-likeness (QED) is 0.832. The van der Waals surface area contributed by atoms with Gasteiger partial charge < -0.3 is 20.7 Å². The lowest BCUT2D eigenvalue weighted by molar-refractivity contribution is -0.117. The highest BCUT2D eigenvalue weighted by Gasteiger charge is 2.13. The monoisotopic (exact) mass is 264 g/mol. The molecule has 19 heavy (non-hydrogen) atoms. The van der Waals surface area contributed by atoms with Crippen molar-refractivity contribution in [3.8, 4) is 0 Å². The summed E-state index contributed by atoms with van der Waals surface area (Å²) in [4.78, 5) is 18.2. The second-order valence-corrected chi connectivity index (χ2v) is 4.51. The van der Waals surface area contributed by atoms with Gasteiger partial charge in [0.25, 0.3) is 0 Å². The predicted octanol–water partition coefficient (Wildman–Crippen LogP) is 0.594. The van der Waals surface area contributed by atoms with Crippen LogP contribution in [0.25, 0.3) is 0 Å². The number of pyridine rings is 1. The van der Waals surface area contributed by atoms with Crippen LogP contribution in [0, 0.1) is 0 Å². The van der Waals surface area contributed by atoms with Gasteiger partial charge in [0, 0.05) is 13.1 Å². The van der Waals surface area contributed by atoms with Gasteiger partial charge >= 0.3 is 0 Å². The molecule has 0 bridgehead atoms. The number of nitrogens with zero attached hydrogens (tertiary/aromatic N) is 2. The van der Waals surface area contributed by atoms with Crippen molar-refractivity contribution in [1.29, 1.82) is 0 Å². The van der Waals surface area contributed by atoms with Gasteiger partial charge in [-0.3, -0.25) is 4.79 Å². The first kappa shape index (κ1) is 13.8. The Balaban J connectivity index is 1.96. The van der Waals surface area contributed by atoms with Crippen molar-refractivity contribution in [2.24, 2.45) is 5.73 Å². The number of hydrogen-bond donors (Lipinski definition) is 2. The van der Waals surface area contributed by atoms with E-state index in [0.717, 1.165) is 32.1 Å². The highest BCUT2D eigenvalue weighted by atomic mass is 16.5. The summed E-state index contributed by atoms with van der Waals surface area (Å²) < 4.78 is 5.30. The molecular formula is C13H20N4O2. The number of hydrogen-bond acceptors (Lipinski definition) is 5. The van der Waals surface area contributed by atoms with Crippen molar-refractivity contribution in [2.75, 3.05) is 36.5 Å². The summed E-state index contributed by atoms with van der Waals surface area (Å²) in [6.45, 7) is 5.03. The Hall–Kier alpha value is -1.66. The predicted molar refractivity (Wildman–Crippen MR) is 74.2 cm³/mol. The maximum atomic E-state index is 11.6. The molecule has 0 saturated carbocycles. The standard InChI is InChI=1S/C13H20N4O2/c1-2-11(14)13(18)16-10-3-4-12(15-9-10)17-5-7-19-8-6-17/h3-4,9,11H,2,5-8,14H2,1H3,(H,16,18)/t11-/m0/s1. The molecule has 1 saturated heterocycles. The van der Waals surface area contributed by atoms with Crippen molar-refractivity contribution < 1.29 is 9.53 Å². The van der Waals surface area contributed by atoms with Crippen molar-refractivity contribution in [1.82, 2.24) is 4.98 Å². The van der Waals surface area contributed by atoms with Gasteiger partial charge in [0.05, 0.1) is 31.1 Å². The fourth-order valence-electron chi connectivity index (χ4n) is 1.86. The Morgan fingerprint density at radius 3 is 2.84 bits per heavy atom. The molecule has 6 nitrogen and oxygen atoms in total. The first-order valence-corrected chi connectivity index (χ1v) is 6.56. The van der Waals surface area contributed by atoms with Gasteiger partial charge in [0.1, 0.15) is 5.82 Å². The molecule has 2 heterocycles. The molecule has 0 radical (unpaired) electrons. The molecule has 1 aromatic rings. The van der Waals surface area contributed by atoms with E-state index in [-0.39, 0.29) is 5.91 Å². The molecule has 6 heteroatoms. The molecule has 1 fully saturated rings. The Labute approximate surface area is 112 Å². The number of nitrogens with two attached hydrogens (primary N) is 1. The third kappa shape index (κ3) is 3.65. The number of carbonyl (C=O) groups excluding carboxylic acids is 1. The molecule has 0 aliphatic carbocycles. The Bertz CT molecular complexity index is 415. The van der Waals surface area contributed by atoms with Crippen LogP contribution >= 0.6 is 0 Å². The molecule has 1 atom stereocenters. The summed E-state index contributed by atoms with van der Waals surface area (Å²) >= 11 is 0. The van der Waals surface area contributed by atoms with Crippen LogP contribution in [0.15, 0.2) is 18.3 Å². The summed E-state index contributed by atoms with van der Waals surface area (Å²) in [6, 6.07) is 3.27. The minimum atomic E-state index is -0.473. The zero-order valence-corrected chi connectivity index (χ0v) is 11.1. The number of carbonyl (C=O) groups is 1. The summed E-state index contributed by atoms with van der Waals surface area (Å²) in [6.07, 6.45) is 2.27. The number of rotatable bonds is 4. The molecule has 0 unspecified atom stereocenters. The molecule has 1 aliphatic heterocycles. The average molecular weight is 264 g/mol. The van der Waals surface area contributed by atoms with Crippen LogP contribution in [0.1, 0.15) is 13.3 Å². The van der Waals surface area contributed by atoms with E-state index in [4.69, 9.17) is 10.5 Å². The van der Waals surface area contributed by atoms with Crippen molar-refractivity contribution in [2.45, 2.75) is 19.4 Å². The van der Waals surface area contributed by atoms with E-state index < -0.39 is 6.04 Å². The molecule has 1 amide bonds. The van der Waals surface area contributed by atoms with Crippen LogP contribution in [-0.2, 0) is 9.53 Å². The van der Waals surface area contributed by atoms with E-state index in [0.29, 0.717) is 12.1 Å². The number of amides is 1. The van der Waals surface area contributed by atoms with Crippen molar-refractivity contribution in [3.05, 3.63) is 18.3 Å². The first-order chi connectivity index (χ1) is 9.20. The SMILES string of the molecule is CC[C@H](N)C(=O)Nc1ccc(N2CCOCC2)nc1. The first-order valence-electron chi connectivity index (χ1n) is 6.56. The fourth-order valence-corrected chi connectivity index (χ4v) is 1.86. The van der Waals surface area contributed by atoms with Crippen molar-refractivity contribution >= 4 is 17.4 Å². The highest BCUT2D eigenvalue weighted by Crippen LogP contribution is 2.15. The van der Waals surface area contributed by atoms with Gasteiger partial charge in [0.2, 0.25) is 5.91 Å². The fraction of sp³-hybridized carbons (Fsp3) is 0.538. The minimum absolute atomic E-state index is 0.177. The number of morpholine rings is 1. The summed E-state index contributed by atoms with van der Waals surface area (Å²) in [5.41, 5.74) is 6.33. The lowest BCUT2D eigenvalue weighted by Crippen LogP contribution is -2.37. The topological polar surface area (TPSA) is 80.5 Å². The molecule has 0 spiro atoms. The maximum absolute atomic E-state index is 11.6. The number of aromatic nitrogens is 1. The van der Waals surface area contributed by atoms with Crippen LogP contribution in [0.5, 0.6) is 0 Å².